The van der Waals surface area contributed by atoms with Crippen LogP contribution in [0.4, 0.5) is 4.39 Å². The molecule has 0 unspecified atom stereocenters. The van der Waals surface area contributed by atoms with E-state index in [1.807, 2.05) is 44.2 Å². The third kappa shape index (κ3) is 4.54. The first-order valence-corrected chi connectivity index (χ1v) is 8.40. The molecule has 0 radical (unpaired) electrons. The summed E-state index contributed by atoms with van der Waals surface area (Å²) in [5.74, 6) is -0.0738. The van der Waals surface area contributed by atoms with Crippen LogP contribution in [0.2, 0.25) is 0 Å². The number of allylic oxidation sites excluding steroid dienone is 1. The van der Waals surface area contributed by atoms with Gasteiger partial charge >= 0.3 is 0 Å². The Kier molecular flexibility index (Phi) is 6.61. The second-order valence-corrected chi connectivity index (χ2v) is 5.88. The zero-order chi connectivity index (χ0) is 19.1. The first-order valence-electron chi connectivity index (χ1n) is 8.40. The summed E-state index contributed by atoms with van der Waals surface area (Å²) < 4.78 is 14.0. The van der Waals surface area contributed by atoms with Gasteiger partial charge in [0.05, 0.1) is 5.71 Å². The van der Waals surface area contributed by atoms with Crippen LogP contribution in [-0.2, 0) is 4.84 Å². The van der Waals surface area contributed by atoms with Crippen LogP contribution >= 0.6 is 0 Å². The number of aliphatic imine (C=N–C) groups is 1. The van der Waals surface area contributed by atoms with Gasteiger partial charge in [-0.15, -0.1) is 0 Å². The second-order valence-electron chi connectivity index (χ2n) is 5.88. The number of benzene rings is 2. The summed E-state index contributed by atoms with van der Waals surface area (Å²) in [5.41, 5.74) is 4.29. The summed E-state index contributed by atoms with van der Waals surface area (Å²) in [6.45, 7) is 13.1. The number of halogens is 1. The Morgan fingerprint density at radius 1 is 1.15 bits per heavy atom. The normalized spacial score (nSPS) is 12.4. The van der Waals surface area contributed by atoms with E-state index in [1.54, 1.807) is 19.1 Å². The van der Waals surface area contributed by atoms with E-state index in [-0.39, 0.29) is 11.6 Å². The van der Waals surface area contributed by atoms with Crippen molar-refractivity contribution in [1.82, 2.24) is 0 Å². The van der Waals surface area contributed by atoms with Gasteiger partial charge in [-0.3, -0.25) is 4.99 Å². The van der Waals surface area contributed by atoms with E-state index in [2.05, 4.69) is 23.4 Å². The molecule has 2 aromatic rings. The fraction of sp³-hybridized carbons (Fsp3) is 0.182. The van der Waals surface area contributed by atoms with Gasteiger partial charge in [0.15, 0.2) is 5.76 Å². The predicted octanol–water partition coefficient (Wildman–Crippen LogP) is 5.91. The molecule has 0 heterocycles. The summed E-state index contributed by atoms with van der Waals surface area (Å²) in [6.07, 6.45) is 0.732. The largest absolute Gasteiger partial charge is 0.355 e. The number of aryl methyl sites for hydroxylation is 1. The smallest absolute Gasteiger partial charge is 0.176 e. The van der Waals surface area contributed by atoms with Crippen LogP contribution in [0.3, 0.4) is 0 Å². The molecule has 0 N–H and O–H groups in total. The van der Waals surface area contributed by atoms with Crippen molar-refractivity contribution in [2.75, 3.05) is 0 Å². The van der Waals surface area contributed by atoms with Crippen molar-refractivity contribution in [3.63, 3.8) is 0 Å². The predicted molar refractivity (Wildman–Crippen MR) is 107 cm³/mol. The van der Waals surface area contributed by atoms with Crippen molar-refractivity contribution in [2.45, 2.75) is 27.2 Å². The van der Waals surface area contributed by atoms with Crippen molar-refractivity contribution in [2.24, 2.45) is 10.1 Å². The summed E-state index contributed by atoms with van der Waals surface area (Å²) >= 11 is 0. The van der Waals surface area contributed by atoms with Crippen LogP contribution in [0.25, 0.3) is 5.57 Å². The fourth-order valence-corrected chi connectivity index (χ4v) is 2.63. The molecule has 4 heteroatoms. The minimum Gasteiger partial charge on any atom is -0.355 e. The zero-order valence-corrected chi connectivity index (χ0v) is 15.4. The molecule has 0 saturated carbocycles. The van der Waals surface area contributed by atoms with E-state index < -0.39 is 0 Å². The molecule has 0 spiro atoms. The van der Waals surface area contributed by atoms with Crippen molar-refractivity contribution < 1.29 is 9.23 Å². The van der Waals surface area contributed by atoms with Crippen LogP contribution in [0.15, 0.2) is 76.7 Å². The highest BCUT2D eigenvalue weighted by Gasteiger charge is 2.12. The van der Waals surface area contributed by atoms with Crippen molar-refractivity contribution in [3.8, 4) is 0 Å². The third-order valence-corrected chi connectivity index (χ3v) is 3.99. The van der Waals surface area contributed by atoms with E-state index >= 15 is 0 Å². The maximum absolute atomic E-state index is 14.0. The lowest BCUT2D eigenvalue weighted by Crippen LogP contribution is -2.02. The van der Waals surface area contributed by atoms with Gasteiger partial charge in [0.2, 0.25) is 0 Å². The van der Waals surface area contributed by atoms with E-state index in [1.165, 1.54) is 6.07 Å². The summed E-state index contributed by atoms with van der Waals surface area (Å²) in [6, 6.07) is 14.7. The highest BCUT2D eigenvalue weighted by Crippen LogP contribution is 2.27. The van der Waals surface area contributed by atoms with Crippen LogP contribution in [-0.4, -0.2) is 12.4 Å². The lowest BCUT2D eigenvalue weighted by Gasteiger charge is -2.12. The zero-order valence-electron chi connectivity index (χ0n) is 15.4. The van der Waals surface area contributed by atoms with Gasteiger partial charge in [0, 0.05) is 5.56 Å². The van der Waals surface area contributed by atoms with Crippen molar-refractivity contribution in [1.29, 1.82) is 0 Å². The van der Waals surface area contributed by atoms with Crippen LogP contribution < -0.4 is 0 Å². The Bertz CT molecular complexity index is 867. The highest BCUT2D eigenvalue weighted by molar-refractivity contribution is 5.98. The van der Waals surface area contributed by atoms with Crippen molar-refractivity contribution in [3.05, 3.63) is 89.1 Å². The number of hydrogen-bond acceptors (Lipinski definition) is 3. The van der Waals surface area contributed by atoms with Crippen LogP contribution in [0, 0.1) is 12.7 Å². The summed E-state index contributed by atoms with van der Waals surface area (Å²) in [4.78, 5) is 9.53. The topological polar surface area (TPSA) is 34.0 Å². The maximum Gasteiger partial charge on any atom is 0.176 e. The minimum absolute atomic E-state index is 0.271. The standard InChI is InChI=1S/C22H23FN2O/c1-6-19(18-10-8-7-9-11-18)22(24-5)17(4)26-25-16(3)20-14-15(2)12-13-21(20)23/h7-14H,4-6H2,1-3H3/b22-19+,25-16+. The van der Waals surface area contributed by atoms with E-state index in [4.69, 9.17) is 4.84 Å². The summed E-state index contributed by atoms with van der Waals surface area (Å²) in [7, 11) is 0. The average Bonchev–Trinajstić information content (AvgIpc) is 2.66. The van der Waals surface area contributed by atoms with Gasteiger partial charge in [-0.05, 0) is 50.3 Å². The molecule has 0 saturated heterocycles. The Hall–Kier alpha value is -3.01. The molecule has 26 heavy (non-hydrogen) atoms. The molecule has 134 valence electrons. The number of hydrogen-bond donors (Lipinski definition) is 0. The van der Waals surface area contributed by atoms with Gasteiger partial charge in [0.1, 0.15) is 11.5 Å². The van der Waals surface area contributed by atoms with Gasteiger partial charge in [0.25, 0.3) is 0 Å². The molecule has 0 aliphatic carbocycles. The second kappa shape index (κ2) is 8.90. The Labute approximate surface area is 154 Å². The monoisotopic (exact) mass is 350 g/mol. The first-order chi connectivity index (χ1) is 12.5. The number of oxime groups is 1. The van der Waals surface area contributed by atoms with Gasteiger partial charge in [-0.25, -0.2) is 4.39 Å². The molecule has 0 amide bonds. The minimum atomic E-state index is -0.345. The molecule has 2 rings (SSSR count). The Morgan fingerprint density at radius 2 is 1.85 bits per heavy atom. The first kappa shape index (κ1) is 19.3. The number of rotatable bonds is 7. The van der Waals surface area contributed by atoms with Crippen LogP contribution in [0.1, 0.15) is 37.0 Å². The van der Waals surface area contributed by atoms with E-state index in [0.717, 1.165) is 23.1 Å². The number of nitrogens with zero attached hydrogens (tertiary/aromatic N) is 2. The molecule has 2 aromatic carbocycles. The lowest BCUT2D eigenvalue weighted by atomic mass is 10.0. The fourth-order valence-electron chi connectivity index (χ4n) is 2.63. The molecule has 0 fully saturated rings. The Morgan fingerprint density at radius 3 is 2.46 bits per heavy atom. The van der Waals surface area contributed by atoms with Crippen LogP contribution in [0.5, 0.6) is 0 Å². The Balaban J connectivity index is 2.30. The molecular formula is C22H23FN2O. The molecule has 0 bridgehead atoms. The quantitative estimate of drug-likeness (QED) is 0.264. The van der Waals surface area contributed by atoms with E-state index in [9.17, 15) is 4.39 Å². The molecule has 3 nitrogen and oxygen atoms in total. The van der Waals surface area contributed by atoms with E-state index in [0.29, 0.717) is 17.0 Å². The SMILES string of the molecule is C=N/C(C(=C)O/N=C(\C)c1cc(C)ccc1F)=C(\CC)c1ccccc1. The maximum atomic E-state index is 14.0. The molecule has 0 aliphatic rings. The van der Waals surface area contributed by atoms with Gasteiger partial charge in [-0.1, -0.05) is 60.6 Å². The van der Waals surface area contributed by atoms with Gasteiger partial charge in [-0.2, -0.15) is 0 Å². The highest BCUT2D eigenvalue weighted by atomic mass is 19.1. The third-order valence-electron chi connectivity index (χ3n) is 3.99. The molecular weight excluding hydrogens is 327 g/mol. The van der Waals surface area contributed by atoms with Gasteiger partial charge < -0.3 is 4.84 Å². The lowest BCUT2D eigenvalue weighted by molar-refractivity contribution is 0.237. The molecule has 0 aliphatic heterocycles. The molecule has 0 atom stereocenters. The summed E-state index contributed by atoms with van der Waals surface area (Å²) in [5, 5.41) is 4.03. The average molecular weight is 350 g/mol. The van der Waals surface area contributed by atoms with Crippen molar-refractivity contribution >= 4 is 18.0 Å². The molecule has 0 aromatic heterocycles.